The predicted molar refractivity (Wildman–Crippen MR) is 136 cm³/mol. The Balaban J connectivity index is 1.45. The van der Waals surface area contributed by atoms with Crippen molar-refractivity contribution in [3.63, 3.8) is 0 Å². The second kappa shape index (κ2) is 9.09. The van der Waals surface area contributed by atoms with E-state index in [0.717, 1.165) is 47.2 Å². The molecule has 5 rings (SSSR count). The van der Waals surface area contributed by atoms with Crippen LogP contribution in [0.25, 0.3) is 10.8 Å². The molecule has 0 fully saturated rings. The molecule has 7 nitrogen and oxygen atoms in total. The van der Waals surface area contributed by atoms with Gasteiger partial charge in [0.2, 0.25) is 0 Å². The summed E-state index contributed by atoms with van der Waals surface area (Å²) < 4.78 is 5.96. The number of nitro benzene ring substituents is 1. The molecular formula is C26H18Cl2N2O5. The molecule has 1 aliphatic rings. The van der Waals surface area contributed by atoms with E-state index in [0.29, 0.717) is 21.5 Å². The van der Waals surface area contributed by atoms with Crippen LogP contribution >= 0.6 is 23.2 Å². The fourth-order valence-electron chi connectivity index (χ4n) is 4.29. The number of hydrogen-bond donors (Lipinski definition) is 2. The third kappa shape index (κ3) is 4.48. The minimum atomic E-state index is -1.28. The Kier molecular flexibility index (Phi) is 5.96. The van der Waals surface area contributed by atoms with Gasteiger partial charge in [-0.15, -0.1) is 0 Å². The number of nitro groups is 1. The van der Waals surface area contributed by atoms with E-state index >= 15 is 0 Å². The number of nitrogens with one attached hydrogen (secondary N) is 1. The van der Waals surface area contributed by atoms with Gasteiger partial charge in [0.05, 0.1) is 38.0 Å². The number of non-ortho nitro benzene ring substituents is 1. The number of aryl methyl sites for hydroxylation is 2. The number of aromatic carboxylic acids is 1. The smallest absolute Gasteiger partial charge is 0.338 e. The van der Waals surface area contributed by atoms with Gasteiger partial charge in [-0.3, -0.25) is 10.1 Å². The molecule has 1 aliphatic heterocycles. The maximum atomic E-state index is 11.7. The van der Waals surface area contributed by atoms with Crippen LogP contribution in [-0.4, -0.2) is 16.0 Å². The lowest BCUT2D eigenvalue weighted by atomic mass is 9.97. The zero-order valence-corrected chi connectivity index (χ0v) is 19.7. The number of ether oxygens (including phenoxy) is 1. The minimum absolute atomic E-state index is 0.0977. The van der Waals surface area contributed by atoms with Crippen molar-refractivity contribution in [2.75, 3.05) is 5.32 Å². The van der Waals surface area contributed by atoms with Gasteiger partial charge in [-0.1, -0.05) is 47.5 Å². The van der Waals surface area contributed by atoms with Crippen LogP contribution in [0.5, 0.6) is 11.5 Å². The van der Waals surface area contributed by atoms with Gasteiger partial charge in [0.25, 0.3) is 5.69 Å². The van der Waals surface area contributed by atoms with Gasteiger partial charge in [-0.05, 0) is 65.4 Å². The van der Waals surface area contributed by atoms with Crippen LogP contribution in [0.2, 0.25) is 10.0 Å². The highest BCUT2D eigenvalue weighted by Gasteiger charge is 2.27. The first-order valence-electron chi connectivity index (χ1n) is 10.8. The van der Waals surface area contributed by atoms with Crippen LogP contribution in [0, 0.1) is 10.1 Å². The Morgan fingerprint density at radius 3 is 2.57 bits per heavy atom. The summed E-state index contributed by atoms with van der Waals surface area (Å²) >= 11 is 12.1. The summed E-state index contributed by atoms with van der Waals surface area (Å²) in [7, 11) is 0. The Morgan fingerprint density at radius 1 is 1.00 bits per heavy atom. The molecule has 0 amide bonds. The predicted octanol–water partition coefficient (Wildman–Crippen LogP) is 7.78. The first-order chi connectivity index (χ1) is 16.8. The number of fused-ring (bicyclic) bond motifs is 3. The van der Waals surface area contributed by atoms with Crippen molar-refractivity contribution in [1.29, 1.82) is 0 Å². The van der Waals surface area contributed by atoms with E-state index in [9.17, 15) is 20.0 Å². The molecule has 0 unspecified atom stereocenters. The summed E-state index contributed by atoms with van der Waals surface area (Å²) in [5.41, 5.74) is 2.44. The normalized spacial score (nSPS) is 11.8. The second-order valence-corrected chi connectivity index (χ2v) is 9.06. The molecule has 35 heavy (non-hydrogen) atoms. The standard InChI is InChI=1S/C26H18Cl2N2O5/c27-20-8-7-14(9-21(20)28)3-1-4-15-5-2-6-16-10-22-23(13-18(15)16)35-24-12-17(30(33)34)11-19(26(31)32)25(24)29-22/h2,5-13,29H,1,3-4H2,(H,31,32). The second-order valence-electron chi connectivity index (χ2n) is 8.24. The Labute approximate surface area is 210 Å². The highest BCUT2D eigenvalue weighted by atomic mass is 35.5. The summed E-state index contributed by atoms with van der Waals surface area (Å²) in [4.78, 5) is 22.4. The SMILES string of the molecule is O=C(O)c1cc([N+](=O)[O-])cc2c1Nc1cc3cccc(CCCc4ccc(Cl)c(Cl)c4)c3cc1O2. The molecule has 0 spiro atoms. The number of benzene rings is 4. The van der Waals surface area contributed by atoms with Crippen molar-refractivity contribution in [3.05, 3.63) is 97.5 Å². The third-order valence-electron chi connectivity index (χ3n) is 5.97. The maximum absolute atomic E-state index is 11.7. The Hall–Kier alpha value is -3.81. The molecule has 0 bridgehead atoms. The van der Waals surface area contributed by atoms with Crippen LogP contribution in [0.4, 0.5) is 17.1 Å². The topological polar surface area (TPSA) is 102 Å². The van der Waals surface area contributed by atoms with Gasteiger partial charge in [-0.25, -0.2) is 4.79 Å². The molecular weight excluding hydrogens is 491 g/mol. The van der Waals surface area contributed by atoms with Crippen molar-refractivity contribution < 1.29 is 19.6 Å². The van der Waals surface area contributed by atoms with E-state index in [2.05, 4.69) is 11.4 Å². The van der Waals surface area contributed by atoms with Crippen molar-refractivity contribution >= 4 is 57.0 Å². The van der Waals surface area contributed by atoms with Crippen LogP contribution in [0.1, 0.15) is 27.9 Å². The van der Waals surface area contributed by atoms with E-state index < -0.39 is 10.9 Å². The van der Waals surface area contributed by atoms with Gasteiger partial charge >= 0.3 is 5.97 Å². The van der Waals surface area contributed by atoms with Gasteiger partial charge < -0.3 is 15.2 Å². The first kappa shape index (κ1) is 23.0. The van der Waals surface area contributed by atoms with Crippen molar-refractivity contribution in [3.8, 4) is 11.5 Å². The molecule has 0 atom stereocenters. The van der Waals surface area contributed by atoms with Crippen molar-refractivity contribution in [1.82, 2.24) is 0 Å². The molecule has 0 radical (unpaired) electrons. The van der Waals surface area contributed by atoms with E-state index in [1.54, 1.807) is 6.07 Å². The number of carboxylic acids is 1. The lowest BCUT2D eigenvalue weighted by Crippen LogP contribution is -2.10. The fourth-order valence-corrected chi connectivity index (χ4v) is 4.61. The number of rotatable bonds is 6. The lowest BCUT2D eigenvalue weighted by molar-refractivity contribution is -0.384. The van der Waals surface area contributed by atoms with Crippen molar-refractivity contribution in [2.24, 2.45) is 0 Å². The molecule has 0 saturated carbocycles. The average molecular weight is 509 g/mol. The minimum Gasteiger partial charge on any atom is -0.478 e. The molecule has 4 aromatic carbocycles. The molecule has 0 aliphatic carbocycles. The van der Waals surface area contributed by atoms with E-state index in [1.165, 1.54) is 6.07 Å². The largest absolute Gasteiger partial charge is 0.478 e. The van der Waals surface area contributed by atoms with Crippen LogP contribution < -0.4 is 10.1 Å². The number of hydrogen-bond acceptors (Lipinski definition) is 5. The number of carbonyl (C=O) groups is 1. The van der Waals surface area contributed by atoms with Crippen LogP contribution in [0.15, 0.2) is 60.7 Å². The van der Waals surface area contributed by atoms with Gasteiger partial charge in [-0.2, -0.15) is 0 Å². The summed E-state index contributed by atoms with van der Waals surface area (Å²) in [5.74, 6) is -0.714. The van der Waals surface area contributed by atoms with E-state index in [-0.39, 0.29) is 22.7 Å². The highest BCUT2D eigenvalue weighted by Crippen LogP contribution is 2.47. The first-order valence-corrected chi connectivity index (χ1v) is 11.6. The molecule has 0 saturated heterocycles. The van der Waals surface area contributed by atoms with Gasteiger partial charge in [0, 0.05) is 6.07 Å². The maximum Gasteiger partial charge on any atom is 0.338 e. The van der Waals surface area contributed by atoms with Crippen LogP contribution in [-0.2, 0) is 12.8 Å². The van der Waals surface area contributed by atoms with Gasteiger partial charge in [0.15, 0.2) is 11.5 Å². The molecule has 4 aromatic rings. The van der Waals surface area contributed by atoms with Crippen molar-refractivity contribution in [2.45, 2.75) is 19.3 Å². The van der Waals surface area contributed by atoms with Crippen LogP contribution in [0.3, 0.4) is 0 Å². The molecule has 176 valence electrons. The van der Waals surface area contributed by atoms with Gasteiger partial charge in [0.1, 0.15) is 0 Å². The highest BCUT2D eigenvalue weighted by molar-refractivity contribution is 6.42. The molecule has 1 heterocycles. The molecule has 2 N–H and O–H groups in total. The quantitative estimate of drug-likeness (QED) is 0.179. The summed E-state index contributed by atoms with van der Waals surface area (Å²) in [6, 6.07) is 17.7. The number of halogens is 2. The third-order valence-corrected chi connectivity index (χ3v) is 6.71. The zero-order chi connectivity index (χ0) is 24.7. The summed E-state index contributed by atoms with van der Waals surface area (Å²) in [6.45, 7) is 0. The average Bonchev–Trinajstić information content (AvgIpc) is 2.83. The number of nitrogens with zero attached hydrogens (tertiary/aromatic N) is 1. The van der Waals surface area contributed by atoms with E-state index in [4.69, 9.17) is 27.9 Å². The molecule has 0 aromatic heterocycles. The molecule has 9 heteroatoms. The lowest BCUT2D eigenvalue weighted by Gasteiger charge is -2.24. The Morgan fingerprint density at radius 2 is 1.83 bits per heavy atom. The summed E-state index contributed by atoms with van der Waals surface area (Å²) in [6.07, 6.45) is 2.55. The summed E-state index contributed by atoms with van der Waals surface area (Å²) in [5, 5.41) is 27.0. The fraction of sp³-hybridized carbons (Fsp3) is 0.115. The zero-order valence-electron chi connectivity index (χ0n) is 18.2. The number of anilines is 2. The Bertz CT molecular complexity index is 1520. The monoisotopic (exact) mass is 508 g/mol. The van der Waals surface area contributed by atoms with E-state index in [1.807, 2.05) is 36.4 Å². The number of carboxylic acid groups (broad SMARTS) is 1.